The van der Waals surface area contributed by atoms with E-state index in [1.54, 1.807) is 22.8 Å². The Labute approximate surface area is 199 Å². The van der Waals surface area contributed by atoms with Gasteiger partial charge in [0.15, 0.2) is 0 Å². The Balaban J connectivity index is 1.60. The van der Waals surface area contributed by atoms with E-state index in [4.69, 9.17) is 16.3 Å². The van der Waals surface area contributed by atoms with Crippen LogP contribution < -0.4 is 5.69 Å². The standard InChI is InChI=1S/C26H22ClFN2O4/c27-19-6-9-22-23(14-19)30(20-7-4-16(5-8-20)17-10-12-34-13-11-17)26(33)29(22)15-18-2-1-3-21(24(18)28)25(31)32/h1-9,14,17H,10-13,15H2,(H,31,32). The molecule has 0 atom stereocenters. The Morgan fingerprint density at radius 1 is 1.06 bits per heavy atom. The fourth-order valence-corrected chi connectivity index (χ4v) is 4.76. The van der Waals surface area contributed by atoms with Crippen molar-refractivity contribution in [1.82, 2.24) is 9.13 Å². The molecule has 0 amide bonds. The monoisotopic (exact) mass is 480 g/mol. The molecule has 1 aliphatic rings. The summed E-state index contributed by atoms with van der Waals surface area (Å²) in [7, 11) is 0. The van der Waals surface area contributed by atoms with Gasteiger partial charge in [0.25, 0.3) is 0 Å². The second kappa shape index (κ2) is 9.08. The molecule has 0 bridgehead atoms. The van der Waals surface area contributed by atoms with E-state index in [0.717, 1.165) is 26.1 Å². The molecule has 1 N–H and O–H groups in total. The number of hydrogen-bond acceptors (Lipinski definition) is 3. The van der Waals surface area contributed by atoms with Crippen LogP contribution in [0.2, 0.25) is 5.02 Å². The van der Waals surface area contributed by atoms with Crippen LogP contribution in [0.1, 0.15) is 40.2 Å². The lowest BCUT2D eigenvalue weighted by Crippen LogP contribution is -2.24. The Kier molecular flexibility index (Phi) is 5.98. The zero-order valence-electron chi connectivity index (χ0n) is 18.2. The maximum Gasteiger partial charge on any atom is 0.338 e. The van der Waals surface area contributed by atoms with E-state index in [1.807, 2.05) is 24.3 Å². The highest BCUT2D eigenvalue weighted by molar-refractivity contribution is 6.31. The van der Waals surface area contributed by atoms with Crippen LogP contribution in [-0.4, -0.2) is 33.4 Å². The van der Waals surface area contributed by atoms with Crippen molar-refractivity contribution in [3.63, 3.8) is 0 Å². The van der Waals surface area contributed by atoms with E-state index in [-0.39, 0.29) is 17.8 Å². The minimum absolute atomic E-state index is 0.114. The van der Waals surface area contributed by atoms with Gasteiger partial charge in [-0.05, 0) is 60.7 Å². The minimum atomic E-state index is -1.36. The third kappa shape index (κ3) is 4.02. The van der Waals surface area contributed by atoms with Gasteiger partial charge in [-0.2, -0.15) is 0 Å². The highest BCUT2D eigenvalue weighted by Crippen LogP contribution is 2.29. The molecule has 5 rings (SSSR count). The van der Waals surface area contributed by atoms with Gasteiger partial charge in [0.1, 0.15) is 5.82 Å². The van der Waals surface area contributed by atoms with E-state index in [0.29, 0.717) is 27.7 Å². The third-order valence-electron chi connectivity index (χ3n) is 6.37. The van der Waals surface area contributed by atoms with Crippen molar-refractivity contribution in [2.75, 3.05) is 13.2 Å². The zero-order chi connectivity index (χ0) is 23.8. The maximum absolute atomic E-state index is 14.8. The number of carbonyl (C=O) groups is 1. The summed E-state index contributed by atoms with van der Waals surface area (Å²) in [6.07, 6.45) is 1.93. The maximum atomic E-state index is 14.8. The number of fused-ring (bicyclic) bond motifs is 1. The summed E-state index contributed by atoms with van der Waals surface area (Å²) >= 11 is 6.25. The van der Waals surface area contributed by atoms with Gasteiger partial charge in [0, 0.05) is 23.8 Å². The van der Waals surface area contributed by atoms with Gasteiger partial charge in [-0.25, -0.2) is 14.0 Å². The van der Waals surface area contributed by atoms with Crippen LogP contribution in [-0.2, 0) is 11.3 Å². The van der Waals surface area contributed by atoms with Crippen LogP contribution in [0, 0.1) is 5.82 Å². The van der Waals surface area contributed by atoms with Crippen molar-refractivity contribution < 1.29 is 19.0 Å². The van der Waals surface area contributed by atoms with E-state index in [2.05, 4.69) is 0 Å². The number of ether oxygens (including phenoxy) is 1. The molecule has 1 saturated heterocycles. The van der Waals surface area contributed by atoms with Gasteiger partial charge in [0.2, 0.25) is 0 Å². The smallest absolute Gasteiger partial charge is 0.338 e. The second-order valence-corrected chi connectivity index (χ2v) is 8.84. The molecule has 0 spiro atoms. The summed E-state index contributed by atoms with van der Waals surface area (Å²) in [6, 6.07) is 17.1. The Hall–Kier alpha value is -3.42. The molecular formula is C26H22ClFN2O4. The molecular weight excluding hydrogens is 459 g/mol. The van der Waals surface area contributed by atoms with Crippen molar-refractivity contribution in [2.45, 2.75) is 25.3 Å². The summed E-state index contributed by atoms with van der Waals surface area (Å²) in [5.74, 6) is -1.78. The molecule has 1 fully saturated rings. The number of carboxylic acid groups (broad SMARTS) is 1. The van der Waals surface area contributed by atoms with Crippen LogP contribution >= 0.6 is 11.6 Å². The molecule has 8 heteroatoms. The number of imidazole rings is 1. The fraction of sp³-hybridized carbons (Fsp3) is 0.231. The number of aromatic carboxylic acids is 1. The average Bonchev–Trinajstić information content (AvgIpc) is 3.11. The molecule has 174 valence electrons. The van der Waals surface area contributed by atoms with Gasteiger partial charge in [-0.1, -0.05) is 35.9 Å². The summed E-state index contributed by atoms with van der Waals surface area (Å²) in [6.45, 7) is 1.38. The molecule has 2 heterocycles. The first-order chi connectivity index (χ1) is 16.4. The molecule has 3 aromatic carbocycles. The number of nitrogens with zero attached hydrogens (tertiary/aromatic N) is 2. The molecule has 0 unspecified atom stereocenters. The average molecular weight is 481 g/mol. The van der Waals surface area contributed by atoms with E-state index < -0.39 is 17.3 Å². The normalized spacial score (nSPS) is 14.5. The largest absolute Gasteiger partial charge is 0.478 e. The molecule has 34 heavy (non-hydrogen) atoms. The number of aromatic nitrogens is 2. The number of benzene rings is 3. The number of halogens is 2. The molecule has 1 aliphatic heterocycles. The molecule has 0 saturated carbocycles. The SMILES string of the molecule is O=C(O)c1cccc(Cn2c(=O)n(-c3ccc(C4CCOCC4)cc3)c3cc(Cl)ccc32)c1F. The van der Waals surface area contributed by atoms with Crippen molar-refractivity contribution in [2.24, 2.45) is 0 Å². The van der Waals surface area contributed by atoms with Crippen LogP contribution in [0.5, 0.6) is 0 Å². The minimum Gasteiger partial charge on any atom is -0.478 e. The zero-order valence-corrected chi connectivity index (χ0v) is 19.0. The van der Waals surface area contributed by atoms with Crippen LogP contribution in [0.15, 0.2) is 65.5 Å². The predicted octanol–water partition coefficient (Wildman–Crippen LogP) is 5.23. The van der Waals surface area contributed by atoms with E-state index in [9.17, 15) is 19.1 Å². The van der Waals surface area contributed by atoms with Crippen LogP contribution in [0.25, 0.3) is 16.7 Å². The summed E-state index contributed by atoms with van der Waals surface area (Å²) in [5.41, 5.74) is 2.36. The lowest BCUT2D eigenvalue weighted by Gasteiger charge is -2.22. The van der Waals surface area contributed by atoms with E-state index >= 15 is 0 Å². The number of hydrogen-bond donors (Lipinski definition) is 1. The molecule has 0 radical (unpaired) electrons. The fourth-order valence-electron chi connectivity index (χ4n) is 4.60. The predicted molar refractivity (Wildman–Crippen MR) is 128 cm³/mol. The second-order valence-electron chi connectivity index (χ2n) is 8.40. The van der Waals surface area contributed by atoms with E-state index in [1.165, 1.54) is 28.3 Å². The van der Waals surface area contributed by atoms with Crippen molar-refractivity contribution >= 4 is 28.6 Å². The molecule has 4 aromatic rings. The van der Waals surface area contributed by atoms with Crippen LogP contribution in [0.3, 0.4) is 0 Å². The Bertz CT molecular complexity index is 1440. The van der Waals surface area contributed by atoms with Gasteiger partial charge in [-0.3, -0.25) is 9.13 Å². The summed E-state index contributed by atoms with van der Waals surface area (Å²) in [5, 5.41) is 9.72. The Morgan fingerprint density at radius 3 is 2.50 bits per heavy atom. The van der Waals surface area contributed by atoms with Gasteiger partial charge in [-0.15, -0.1) is 0 Å². The molecule has 6 nitrogen and oxygen atoms in total. The first kappa shape index (κ1) is 22.4. The molecule has 0 aliphatic carbocycles. The van der Waals surface area contributed by atoms with Crippen molar-refractivity contribution in [1.29, 1.82) is 0 Å². The first-order valence-electron chi connectivity index (χ1n) is 11.0. The highest BCUT2D eigenvalue weighted by Gasteiger charge is 2.20. The number of carboxylic acids is 1. The summed E-state index contributed by atoms with van der Waals surface area (Å²) in [4.78, 5) is 24.9. The quantitative estimate of drug-likeness (QED) is 0.425. The van der Waals surface area contributed by atoms with Crippen molar-refractivity contribution in [3.05, 3.63) is 98.7 Å². The van der Waals surface area contributed by atoms with Crippen LogP contribution in [0.4, 0.5) is 4.39 Å². The Morgan fingerprint density at radius 2 is 1.79 bits per heavy atom. The topological polar surface area (TPSA) is 73.5 Å². The van der Waals surface area contributed by atoms with Crippen molar-refractivity contribution in [3.8, 4) is 5.69 Å². The number of rotatable bonds is 5. The van der Waals surface area contributed by atoms with Gasteiger partial charge < -0.3 is 9.84 Å². The summed E-state index contributed by atoms with van der Waals surface area (Å²) < 4.78 is 23.3. The van der Waals surface area contributed by atoms with Gasteiger partial charge >= 0.3 is 11.7 Å². The van der Waals surface area contributed by atoms with Gasteiger partial charge in [0.05, 0.1) is 28.8 Å². The highest BCUT2D eigenvalue weighted by atomic mass is 35.5. The molecule has 1 aromatic heterocycles. The third-order valence-corrected chi connectivity index (χ3v) is 6.61. The lowest BCUT2D eigenvalue weighted by molar-refractivity contribution is 0.0691. The first-order valence-corrected chi connectivity index (χ1v) is 11.4. The lowest BCUT2D eigenvalue weighted by atomic mass is 9.92.